The molecule has 3 heterocycles. The lowest BCUT2D eigenvalue weighted by molar-refractivity contribution is -0.456. The number of phenols is 2. The zero-order valence-corrected chi connectivity index (χ0v) is 27.2. The third kappa shape index (κ3) is 8.16. The Morgan fingerprint density at radius 2 is 1.69 bits per heavy atom. The smallest absolute Gasteiger partial charge is 0.373 e. The predicted molar refractivity (Wildman–Crippen MR) is 174 cm³/mol. The van der Waals surface area contributed by atoms with Gasteiger partial charge in [-0.05, 0) is 41.5 Å². The summed E-state index contributed by atoms with van der Waals surface area (Å²) in [5.41, 5.74) is 1.01. The van der Waals surface area contributed by atoms with Gasteiger partial charge in [0.15, 0.2) is 29.2 Å². The third-order valence-electron chi connectivity index (χ3n) is 8.47. The standard InChI is InChI=1S/C34H34N2O16/c1-49-24-10-15(2-4-22(24)37)3-5-27(39)50-14-26-28(40)29(41)30(42)34(52-26)51-25-12-17-11-21(33(47)48)36(20(17)13-23(25)38)7-6-16-8-18(31(43)44)35-19(9-16)32(45)46/h2-8,10,12-13,19,21,26,28-30,34,40-42H,9,11,14H2,1H3,(H5,37,38,39,43,44,45,46,47,48)/p+1/t19-,21-,26+,28+,29-,30+,34+/m0/s1. The number of carbonyl (C=O) groups excluding carboxylic acids is 1. The first kappa shape index (κ1) is 37.3. The van der Waals surface area contributed by atoms with Gasteiger partial charge in [0, 0.05) is 24.1 Å². The molecule has 0 aliphatic carbocycles. The number of fused-ring (bicyclic) bond motifs is 1. The van der Waals surface area contributed by atoms with Crippen molar-refractivity contribution in [2.45, 2.75) is 55.6 Å². The molecular weight excluding hydrogens is 692 g/mol. The Labute approximate surface area is 294 Å². The maximum Gasteiger partial charge on any atom is 0.373 e. The van der Waals surface area contributed by atoms with E-state index >= 15 is 0 Å². The Bertz CT molecular complexity index is 1880. The zero-order valence-electron chi connectivity index (χ0n) is 27.2. The molecule has 0 spiro atoms. The van der Waals surface area contributed by atoms with Crippen molar-refractivity contribution in [2.24, 2.45) is 0 Å². The van der Waals surface area contributed by atoms with Crippen LogP contribution in [0.15, 0.2) is 59.8 Å². The topological polar surface area (TPSA) is 282 Å². The minimum Gasteiger partial charge on any atom is -0.504 e. The zero-order chi connectivity index (χ0) is 37.9. The van der Waals surface area contributed by atoms with Crippen molar-refractivity contribution in [3.63, 3.8) is 0 Å². The Morgan fingerprint density at radius 1 is 0.942 bits per heavy atom. The summed E-state index contributed by atoms with van der Waals surface area (Å²) in [5.74, 6) is -5.51. The van der Waals surface area contributed by atoms with E-state index in [1.807, 2.05) is 0 Å². The van der Waals surface area contributed by atoms with Gasteiger partial charge in [-0.3, -0.25) is 0 Å². The van der Waals surface area contributed by atoms with Crippen LogP contribution in [0.3, 0.4) is 0 Å². The molecule has 0 unspecified atom stereocenters. The highest BCUT2D eigenvalue weighted by Crippen LogP contribution is 2.40. The lowest BCUT2D eigenvalue weighted by Crippen LogP contribution is -2.60. The molecule has 18 heteroatoms. The second kappa shape index (κ2) is 15.5. The van der Waals surface area contributed by atoms with Crippen molar-refractivity contribution in [3.05, 3.63) is 71.0 Å². The molecule has 3 aliphatic heterocycles. The molecule has 0 aromatic heterocycles. The van der Waals surface area contributed by atoms with Gasteiger partial charge in [-0.2, -0.15) is 4.58 Å². The Kier molecular flexibility index (Phi) is 11.1. The minimum atomic E-state index is -1.84. The fraction of sp³-hybridized carbons (Fsp3) is 0.324. The number of benzene rings is 2. The van der Waals surface area contributed by atoms with Crippen LogP contribution in [0, 0.1) is 0 Å². The first-order chi connectivity index (χ1) is 24.7. The molecule has 276 valence electrons. The lowest BCUT2D eigenvalue weighted by atomic mass is 9.99. The van der Waals surface area contributed by atoms with E-state index in [1.165, 1.54) is 66.5 Å². The first-order valence-electron chi connectivity index (χ1n) is 15.6. The number of nitrogens with one attached hydrogen (secondary N) is 1. The van der Waals surface area contributed by atoms with Crippen LogP contribution in [0.4, 0.5) is 5.69 Å². The highest BCUT2D eigenvalue weighted by Gasteiger charge is 2.46. The quantitative estimate of drug-likeness (QED) is 0.0810. The van der Waals surface area contributed by atoms with Crippen LogP contribution in [0.2, 0.25) is 0 Å². The van der Waals surface area contributed by atoms with E-state index in [0.717, 1.165) is 6.08 Å². The van der Waals surface area contributed by atoms with Crippen molar-refractivity contribution in [2.75, 3.05) is 13.7 Å². The van der Waals surface area contributed by atoms with Crippen molar-refractivity contribution in [1.82, 2.24) is 5.32 Å². The first-order valence-corrected chi connectivity index (χ1v) is 15.6. The molecule has 3 aliphatic rings. The van der Waals surface area contributed by atoms with Gasteiger partial charge in [-0.1, -0.05) is 6.07 Å². The molecule has 2 aromatic carbocycles. The Hall–Kier alpha value is -5.95. The van der Waals surface area contributed by atoms with E-state index in [-0.39, 0.29) is 47.0 Å². The molecule has 2 aromatic rings. The number of hydrogen-bond donors (Lipinski definition) is 9. The molecule has 7 atom stereocenters. The molecule has 1 saturated heterocycles. The molecule has 1 fully saturated rings. The van der Waals surface area contributed by atoms with E-state index in [1.54, 1.807) is 0 Å². The minimum absolute atomic E-state index is 0.0994. The number of ether oxygens (including phenoxy) is 4. The molecule has 0 saturated carbocycles. The normalized spacial score (nSPS) is 27.1. The Morgan fingerprint density at radius 3 is 2.37 bits per heavy atom. The van der Waals surface area contributed by atoms with Crippen molar-refractivity contribution in [3.8, 4) is 23.0 Å². The van der Waals surface area contributed by atoms with E-state index in [0.29, 0.717) is 11.1 Å². The number of allylic oxidation sites excluding steroid dienone is 2. The number of aliphatic carboxylic acids is 3. The molecule has 0 bridgehead atoms. The maximum absolute atomic E-state index is 12.4. The number of carbonyl (C=O) groups is 4. The fourth-order valence-corrected chi connectivity index (χ4v) is 5.74. The number of phenolic OH excluding ortho intramolecular Hbond substituents is 2. The largest absolute Gasteiger partial charge is 0.504 e. The molecule has 0 radical (unpaired) electrons. The van der Waals surface area contributed by atoms with E-state index in [2.05, 4.69) is 5.32 Å². The van der Waals surface area contributed by atoms with E-state index in [9.17, 15) is 60.0 Å². The molecule has 52 heavy (non-hydrogen) atoms. The number of aliphatic hydroxyl groups is 3. The van der Waals surface area contributed by atoms with Gasteiger partial charge in [0.25, 0.3) is 6.04 Å². The summed E-state index contributed by atoms with van der Waals surface area (Å²) in [5, 5.41) is 83.3. The van der Waals surface area contributed by atoms with Gasteiger partial charge in [-0.25, -0.2) is 19.2 Å². The number of aromatic hydroxyl groups is 2. The summed E-state index contributed by atoms with van der Waals surface area (Å²) in [7, 11) is 1.36. The second-order valence-corrected chi connectivity index (χ2v) is 11.9. The van der Waals surface area contributed by atoms with Gasteiger partial charge in [0.1, 0.15) is 42.8 Å². The average molecular weight is 728 g/mol. The number of esters is 1. The number of rotatable bonds is 11. The van der Waals surface area contributed by atoms with Crippen LogP contribution in [0.1, 0.15) is 17.5 Å². The van der Waals surface area contributed by atoms with Crippen molar-refractivity contribution in [1.29, 1.82) is 0 Å². The lowest BCUT2D eigenvalue weighted by Gasteiger charge is -2.39. The van der Waals surface area contributed by atoms with Crippen LogP contribution in [-0.4, -0.2) is 132 Å². The molecule has 9 N–H and O–H groups in total. The van der Waals surface area contributed by atoms with Crippen molar-refractivity contribution >= 4 is 41.9 Å². The number of carboxylic acid groups (broad SMARTS) is 3. The van der Waals surface area contributed by atoms with Gasteiger partial charge in [-0.15, -0.1) is 0 Å². The van der Waals surface area contributed by atoms with Crippen molar-refractivity contribution < 1.29 is 83.6 Å². The number of carboxylic acids is 3. The summed E-state index contributed by atoms with van der Waals surface area (Å²) >= 11 is 0. The van der Waals surface area contributed by atoms with Gasteiger partial charge >= 0.3 is 23.9 Å². The monoisotopic (exact) mass is 727 g/mol. The SMILES string of the molecule is COc1cc(C=CC(=O)OC[C@H]2O[C@@H](Oc3cc4c(cc3O)[N+](=CC=C3C=C(C(=O)O)N[C@H](C(=O)O)C3)[C@H](C(=O)O)C4)[C@H](O)[C@@H](O)[C@@H]2O)ccc1O. The summed E-state index contributed by atoms with van der Waals surface area (Å²) < 4.78 is 22.7. The Balaban J connectivity index is 1.31. The predicted octanol–water partition coefficient (Wildman–Crippen LogP) is -0.385. The number of nitrogens with zero attached hydrogens (tertiary/aromatic N) is 1. The highest BCUT2D eigenvalue weighted by atomic mass is 16.7. The van der Waals surface area contributed by atoms with Crippen LogP contribution in [-0.2, 0) is 35.1 Å². The summed E-state index contributed by atoms with van der Waals surface area (Å²) in [6.45, 7) is -0.587. The van der Waals surface area contributed by atoms with Crippen LogP contribution in [0.25, 0.3) is 6.08 Å². The number of methoxy groups -OCH3 is 1. The third-order valence-corrected chi connectivity index (χ3v) is 8.47. The van der Waals surface area contributed by atoms with Crippen LogP contribution >= 0.6 is 0 Å². The number of hydrogen-bond acceptors (Lipinski definition) is 14. The average Bonchev–Trinajstić information content (AvgIpc) is 3.47. The summed E-state index contributed by atoms with van der Waals surface area (Å²) in [6, 6.07) is 4.40. The van der Waals surface area contributed by atoms with E-state index < -0.39 is 79.0 Å². The van der Waals surface area contributed by atoms with Crippen LogP contribution in [0.5, 0.6) is 23.0 Å². The van der Waals surface area contributed by atoms with Crippen LogP contribution < -0.4 is 14.8 Å². The van der Waals surface area contributed by atoms with Gasteiger partial charge < -0.3 is 65.1 Å². The van der Waals surface area contributed by atoms with Gasteiger partial charge in [0.2, 0.25) is 12.0 Å². The molecule has 5 rings (SSSR count). The maximum atomic E-state index is 12.4. The summed E-state index contributed by atoms with van der Waals surface area (Å²) in [4.78, 5) is 47.6. The summed E-state index contributed by atoms with van der Waals surface area (Å²) in [6.07, 6.45) is -2.33. The van der Waals surface area contributed by atoms with E-state index in [4.69, 9.17) is 18.9 Å². The fourth-order valence-electron chi connectivity index (χ4n) is 5.74. The highest BCUT2D eigenvalue weighted by molar-refractivity contribution is 5.90. The number of aliphatic hydroxyl groups excluding tert-OH is 3. The molecule has 18 nitrogen and oxygen atoms in total. The molecule has 0 amide bonds. The van der Waals surface area contributed by atoms with Gasteiger partial charge in [0.05, 0.1) is 19.6 Å². The second-order valence-electron chi connectivity index (χ2n) is 11.9. The molecular formula is C34H35N2O16+.